The highest BCUT2D eigenvalue weighted by Gasteiger charge is 2.31. The van der Waals surface area contributed by atoms with Crippen molar-refractivity contribution in [1.29, 1.82) is 0 Å². The van der Waals surface area contributed by atoms with Gasteiger partial charge in [0.25, 0.3) is 0 Å². The first-order chi connectivity index (χ1) is 7.10. The number of nitrogens with zero attached hydrogens (tertiary/aromatic N) is 1. The molecule has 0 saturated heterocycles. The van der Waals surface area contributed by atoms with Crippen LogP contribution in [0.4, 0.5) is 0 Å². The standard InChI is InChI=1S/C13H29NOS/c1-9(2)11(5)12(15)8-14(16)13(6,7)10(3)4/h9-12,15-16H,8H2,1-7H3. The van der Waals surface area contributed by atoms with Crippen molar-refractivity contribution in [3.63, 3.8) is 0 Å². The van der Waals surface area contributed by atoms with E-state index in [1.807, 2.05) is 4.31 Å². The van der Waals surface area contributed by atoms with Crippen LogP contribution in [0.15, 0.2) is 0 Å². The van der Waals surface area contributed by atoms with Crippen LogP contribution in [0.3, 0.4) is 0 Å². The maximum atomic E-state index is 10.1. The van der Waals surface area contributed by atoms with Crippen molar-refractivity contribution in [3.05, 3.63) is 0 Å². The van der Waals surface area contributed by atoms with Crippen molar-refractivity contribution in [2.45, 2.75) is 60.1 Å². The Bertz CT molecular complexity index is 204. The number of thiol groups is 1. The van der Waals surface area contributed by atoms with Gasteiger partial charge in [-0.3, -0.25) is 0 Å². The summed E-state index contributed by atoms with van der Waals surface area (Å²) < 4.78 is 1.97. The maximum Gasteiger partial charge on any atom is 0.0704 e. The zero-order valence-electron chi connectivity index (χ0n) is 11.9. The smallest absolute Gasteiger partial charge is 0.0704 e. The second-order valence-corrected chi connectivity index (χ2v) is 6.54. The summed E-state index contributed by atoms with van der Waals surface area (Å²) in [5.41, 5.74) is 0.000784. The molecule has 0 amide bonds. The number of β-amino-alcohol motifs (C(OH)–C–C–N with tert-alkyl or cyclic N) is 1. The van der Waals surface area contributed by atoms with E-state index in [1.165, 1.54) is 0 Å². The molecule has 0 fully saturated rings. The normalized spacial score (nSPS) is 17.2. The molecule has 2 atom stereocenters. The fraction of sp³-hybridized carbons (Fsp3) is 1.00. The highest BCUT2D eigenvalue weighted by molar-refractivity contribution is 7.77. The highest BCUT2D eigenvalue weighted by atomic mass is 32.1. The van der Waals surface area contributed by atoms with Gasteiger partial charge in [0.2, 0.25) is 0 Å². The molecule has 2 nitrogen and oxygen atoms in total. The van der Waals surface area contributed by atoms with E-state index >= 15 is 0 Å². The second kappa shape index (κ2) is 6.27. The Kier molecular flexibility index (Phi) is 6.38. The Hall–Kier alpha value is 0.270. The molecule has 2 unspecified atom stereocenters. The fourth-order valence-electron chi connectivity index (χ4n) is 1.32. The van der Waals surface area contributed by atoms with Crippen molar-refractivity contribution in [2.24, 2.45) is 17.8 Å². The van der Waals surface area contributed by atoms with Gasteiger partial charge >= 0.3 is 0 Å². The van der Waals surface area contributed by atoms with Gasteiger partial charge in [-0.05, 0) is 31.6 Å². The van der Waals surface area contributed by atoms with E-state index in [9.17, 15) is 5.11 Å². The van der Waals surface area contributed by atoms with Crippen LogP contribution >= 0.6 is 12.8 Å². The molecule has 0 rings (SSSR count). The lowest BCUT2D eigenvalue weighted by Gasteiger charge is -2.40. The first kappa shape index (κ1) is 16.3. The quantitative estimate of drug-likeness (QED) is 0.704. The minimum atomic E-state index is -0.310. The van der Waals surface area contributed by atoms with E-state index in [-0.39, 0.29) is 11.6 Å². The molecule has 16 heavy (non-hydrogen) atoms. The summed E-state index contributed by atoms with van der Waals surface area (Å²) in [5, 5.41) is 10.1. The Morgan fingerprint density at radius 1 is 1.12 bits per heavy atom. The molecule has 3 heteroatoms. The van der Waals surface area contributed by atoms with Crippen molar-refractivity contribution in [3.8, 4) is 0 Å². The molecule has 1 N–H and O–H groups in total. The van der Waals surface area contributed by atoms with Crippen LogP contribution in [-0.4, -0.2) is 27.6 Å². The number of hydrogen-bond acceptors (Lipinski definition) is 3. The van der Waals surface area contributed by atoms with Crippen LogP contribution in [0, 0.1) is 17.8 Å². The zero-order valence-corrected chi connectivity index (χ0v) is 12.8. The van der Waals surface area contributed by atoms with Crippen molar-refractivity contribution < 1.29 is 5.11 Å². The summed E-state index contributed by atoms with van der Waals surface area (Å²) in [4.78, 5) is 0. The molecular weight excluding hydrogens is 218 g/mol. The molecule has 0 aliphatic carbocycles. The Morgan fingerprint density at radius 2 is 1.56 bits per heavy atom. The van der Waals surface area contributed by atoms with Gasteiger partial charge in [0.15, 0.2) is 0 Å². The topological polar surface area (TPSA) is 23.5 Å². The van der Waals surface area contributed by atoms with Crippen LogP contribution < -0.4 is 0 Å². The van der Waals surface area contributed by atoms with Gasteiger partial charge in [0, 0.05) is 12.1 Å². The molecule has 0 bridgehead atoms. The summed E-state index contributed by atoms with van der Waals surface area (Å²) in [5.74, 6) is 1.31. The van der Waals surface area contributed by atoms with Gasteiger partial charge in [0.05, 0.1) is 6.10 Å². The highest BCUT2D eigenvalue weighted by Crippen LogP contribution is 2.27. The summed E-state index contributed by atoms with van der Waals surface area (Å²) >= 11 is 4.53. The minimum Gasteiger partial charge on any atom is -0.391 e. The number of rotatable bonds is 6. The maximum absolute atomic E-state index is 10.1. The van der Waals surface area contributed by atoms with Gasteiger partial charge in [-0.15, -0.1) is 0 Å². The van der Waals surface area contributed by atoms with Gasteiger partial charge in [-0.1, -0.05) is 47.4 Å². The van der Waals surface area contributed by atoms with E-state index in [0.29, 0.717) is 24.3 Å². The molecular formula is C13H29NOS. The molecule has 0 aromatic rings. The van der Waals surface area contributed by atoms with Crippen LogP contribution in [0.25, 0.3) is 0 Å². The van der Waals surface area contributed by atoms with Crippen LogP contribution in [0.5, 0.6) is 0 Å². The van der Waals surface area contributed by atoms with Crippen LogP contribution in [0.2, 0.25) is 0 Å². The number of hydrogen-bond donors (Lipinski definition) is 2. The lowest BCUT2D eigenvalue weighted by atomic mass is 9.88. The molecule has 0 spiro atoms. The molecule has 0 heterocycles. The Balaban J connectivity index is 4.39. The number of aliphatic hydroxyl groups excluding tert-OH is 1. The van der Waals surface area contributed by atoms with Crippen molar-refractivity contribution in [2.75, 3.05) is 6.54 Å². The Morgan fingerprint density at radius 3 is 1.88 bits per heavy atom. The van der Waals surface area contributed by atoms with Gasteiger partial charge in [-0.25, -0.2) is 4.31 Å². The molecule has 98 valence electrons. The predicted molar refractivity (Wildman–Crippen MR) is 74.6 cm³/mol. The molecule has 0 aromatic carbocycles. The van der Waals surface area contributed by atoms with E-state index in [0.717, 1.165) is 0 Å². The predicted octanol–water partition coefficient (Wildman–Crippen LogP) is 3.22. The second-order valence-electron chi connectivity index (χ2n) is 6.06. The molecule has 0 aromatic heterocycles. The minimum absolute atomic E-state index is 0.000784. The third kappa shape index (κ3) is 4.27. The lowest BCUT2D eigenvalue weighted by Crippen LogP contribution is -2.47. The zero-order chi connectivity index (χ0) is 13.1. The first-order valence-electron chi connectivity index (χ1n) is 6.25. The third-order valence-electron chi connectivity index (χ3n) is 4.10. The van der Waals surface area contributed by atoms with Gasteiger partial charge in [0.1, 0.15) is 0 Å². The van der Waals surface area contributed by atoms with Crippen molar-refractivity contribution >= 4 is 12.8 Å². The summed E-state index contributed by atoms with van der Waals surface area (Å²) in [6, 6.07) is 0. The monoisotopic (exact) mass is 247 g/mol. The first-order valence-corrected chi connectivity index (χ1v) is 6.65. The average Bonchev–Trinajstić information content (AvgIpc) is 2.15. The van der Waals surface area contributed by atoms with E-state index < -0.39 is 0 Å². The van der Waals surface area contributed by atoms with E-state index in [2.05, 4.69) is 61.3 Å². The van der Waals surface area contributed by atoms with Gasteiger partial charge < -0.3 is 5.11 Å². The summed E-state index contributed by atoms with van der Waals surface area (Å²) in [6.45, 7) is 15.7. The third-order valence-corrected chi connectivity index (χ3v) is 4.78. The van der Waals surface area contributed by atoms with Crippen LogP contribution in [-0.2, 0) is 0 Å². The largest absolute Gasteiger partial charge is 0.391 e. The van der Waals surface area contributed by atoms with Crippen molar-refractivity contribution in [1.82, 2.24) is 4.31 Å². The molecule has 0 aliphatic rings. The SMILES string of the molecule is CC(C)C(C)C(O)CN(S)C(C)(C)C(C)C. The lowest BCUT2D eigenvalue weighted by molar-refractivity contribution is 0.0475. The molecule has 0 saturated carbocycles. The molecule has 0 aliphatic heterocycles. The fourth-order valence-corrected chi connectivity index (χ4v) is 1.72. The van der Waals surface area contributed by atoms with Gasteiger partial charge in [-0.2, -0.15) is 0 Å². The average molecular weight is 247 g/mol. The van der Waals surface area contributed by atoms with Crippen LogP contribution in [0.1, 0.15) is 48.5 Å². The summed E-state index contributed by atoms with van der Waals surface area (Å²) in [6.07, 6.45) is -0.310. The number of aliphatic hydroxyl groups is 1. The van der Waals surface area contributed by atoms with E-state index in [1.54, 1.807) is 0 Å². The molecule has 0 radical (unpaired) electrons. The summed E-state index contributed by atoms with van der Waals surface area (Å²) in [7, 11) is 0. The van der Waals surface area contributed by atoms with E-state index in [4.69, 9.17) is 0 Å². The Labute approximate surface area is 107 Å².